The Kier molecular flexibility index (Phi) is 10.7. The minimum atomic E-state index is -1.03. The number of imide groups is 1. The Morgan fingerprint density at radius 3 is 2.02 bits per heavy atom. The number of pyridine rings is 2. The van der Waals surface area contributed by atoms with Crippen molar-refractivity contribution in [3.8, 4) is 17.2 Å². The number of anilines is 3. The van der Waals surface area contributed by atoms with E-state index in [1.165, 1.54) is 30.7 Å². The number of nitriles is 1. The molecule has 1 fully saturated rings. The summed E-state index contributed by atoms with van der Waals surface area (Å²) in [6.07, 6.45) is 1.23. The lowest BCUT2D eigenvalue weighted by Gasteiger charge is -2.29. The Morgan fingerprint density at radius 1 is 0.882 bits per heavy atom. The number of carbonyl (C=O) groups is 4. The molecule has 0 saturated heterocycles. The van der Waals surface area contributed by atoms with Crippen LogP contribution in [0.3, 0.4) is 0 Å². The van der Waals surface area contributed by atoms with Crippen LogP contribution in [0.25, 0.3) is 21.9 Å². The third-order valence-electron chi connectivity index (χ3n) is 7.90. The smallest absolute Gasteiger partial charge is 0.424 e. The van der Waals surface area contributed by atoms with Crippen LogP contribution in [0.1, 0.15) is 81.2 Å². The molecule has 3 aromatic rings. The molecule has 2 N–H and O–H groups in total. The first-order valence-electron chi connectivity index (χ1n) is 16.5. The van der Waals surface area contributed by atoms with Gasteiger partial charge in [-0.2, -0.15) is 10.2 Å². The van der Waals surface area contributed by atoms with Gasteiger partial charge in [0.25, 0.3) is 0 Å². The van der Waals surface area contributed by atoms with E-state index in [-0.39, 0.29) is 69.4 Å². The van der Waals surface area contributed by atoms with Gasteiger partial charge in [-0.3, -0.25) is 15.1 Å². The monoisotopic (exact) mass is 704 g/mol. The molecule has 2 aromatic heterocycles. The van der Waals surface area contributed by atoms with E-state index in [9.17, 15) is 19.2 Å². The van der Waals surface area contributed by atoms with E-state index in [0.717, 1.165) is 0 Å². The third-order valence-corrected chi connectivity index (χ3v) is 7.90. The molecule has 1 saturated carbocycles. The zero-order chi connectivity index (χ0) is 38.2. The number of ether oxygens (including phenoxy) is 3. The minimum Gasteiger partial charge on any atom is -0.444 e. The number of hydrogen-bond donors (Lipinski definition) is 2. The molecule has 4 rings (SSSR count). The highest BCUT2D eigenvalue weighted by Gasteiger charge is 2.51. The first kappa shape index (κ1) is 38.5. The average molecular weight is 705 g/mol. The highest BCUT2D eigenvalue weighted by atomic mass is 19.1. The van der Waals surface area contributed by atoms with Crippen LogP contribution < -0.4 is 15.5 Å². The number of amides is 4. The number of benzene rings is 1. The zero-order valence-corrected chi connectivity index (χ0v) is 30.9. The molecule has 0 bridgehead atoms. The molecule has 1 unspecified atom stereocenters. The quantitative estimate of drug-likeness (QED) is 0.237. The Bertz CT molecular complexity index is 1890. The van der Waals surface area contributed by atoms with Crippen molar-refractivity contribution in [1.29, 1.82) is 5.26 Å². The van der Waals surface area contributed by atoms with Crippen LogP contribution in [0.15, 0.2) is 30.7 Å². The summed E-state index contributed by atoms with van der Waals surface area (Å²) in [6.45, 7) is 18.3. The highest BCUT2D eigenvalue weighted by Crippen LogP contribution is 2.48. The van der Waals surface area contributed by atoms with Crippen molar-refractivity contribution in [3.63, 3.8) is 0 Å². The van der Waals surface area contributed by atoms with E-state index >= 15 is 4.39 Å². The van der Waals surface area contributed by atoms with Crippen molar-refractivity contribution in [2.45, 2.75) is 99.4 Å². The van der Waals surface area contributed by atoms with Crippen molar-refractivity contribution >= 4 is 52.2 Å². The standard InChI is InChI=1S/C37H45FN6O7/c1-19-24(16-40-18-26(19)44(33(47)50-36(6,7)8)34(48)51-37(9,10)11)23-14-21-15-27(42-31(45)28-20(2)22(28)12-13-39)41-17-25(21)30(29(23)38)43-32(46)49-35(3,4)5/h14-18,20,22,28H,12H2,1-11H3,(H,43,46)(H,41,42,45)/t20?,22-,28-/m0/s1. The molecule has 272 valence electrons. The Labute approximate surface area is 296 Å². The fourth-order valence-electron chi connectivity index (χ4n) is 5.57. The Morgan fingerprint density at radius 2 is 1.47 bits per heavy atom. The first-order valence-corrected chi connectivity index (χ1v) is 16.5. The molecule has 2 heterocycles. The van der Waals surface area contributed by atoms with Crippen LogP contribution in [-0.4, -0.2) is 51.0 Å². The molecular formula is C37H45FN6O7. The maximum atomic E-state index is 16.7. The van der Waals surface area contributed by atoms with Crippen LogP contribution in [0.4, 0.5) is 36.0 Å². The maximum absolute atomic E-state index is 16.7. The normalized spacial score (nSPS) is 17.2. The van der Waals surface area contributed by atoms with Gasteiger partial charge in [0, 0.05) is 41.2 Å². The number of nitrogens with one attached hydrogen (secondary N) is 2. The average Bonchev–Trinajstić information content (AvgIpc) is 3.61. The van der Waals surface area contributed by atoms with Gasteiger partial charge >= 0.3 is 18.3 Å². The van der Waals surface area contributed by atoms with Crippen LogP contribution in [-0.2, 0) is 19.0 Å². The van der Waals surface area contributed by atoms with Crippen LogP contribution in [0.5, 0.6) is 0 Å². The molecule has 1 aromatic carbocycles. The largest absolute Gasteiger partial charge is 0.444 e. The lowest BCUT2D eigenvalue weighted by atomic mass is 9.97. The van der Waals surface area contributed by atoms with Gasteiger partial charge < -0.3 is 19.5 Å². The van der Waals surface area contributed by atoms with Gasteiger partial charge in [-0.25, -0.2) is 23.8 Å². The predicted octanol–water partition coefficient (Wildman–Crippen LogP) is 8.50. The second-order valence-electron chi connectivity index (χ2n) is 15.6. The zero-order valence-electron chi connectivity index (χ0n) is 30.9. The van der Waals surface area contributed by atoms with Gasteiger partial charge in [-0.1, -0.05) is 6.92 Å². The Balaban J connectivity index is 1.88. The lowest BCUT2D eigenvalue weighted by Crippen LogP contribution is -2.44. The van der Waals surface area contributed by atoms with E-state index in [1.807, 2.05) is 6.92 Å². The maximum Gasteiger partial charge on any atom is 0.424 e. The molecule has 4 amide bonds. The van der Waals surface area contributed by atoms with Crippen LogP contribution >= 0.6 is 0 Å². The van der Waals surface area contributed by atoms with E-state index in [0.29, 0.717) is 10.3 Å². The first-order chi connectivity index (χ1) is 23.5. The van der Waals surface area contributed by atoms with Crippen molar-refractivity contribution in [2.24, 2.45) is 17.8 Å². The summed E-state index contributed by atoms with van der Waals surface area (Å²) in [5.41, 5.74) is -2.74. The molecule has 14 heteroatoms. The van der Waals surface area contributed by atoms with Gasteiger partial charge in [0.2, 0.25) is 5.91 Å². The Hall–Kier alpha value is -5.32. The summed E-state index contributed by atoms with van der Waals surface area (Å²) < 4.78 is 33.2. The van der Waals surface area contributed by atoms with Crippen LogP contribution in [0.2, 0.25) is 0 Å². The molecule has 0 aliphatic heterocycles. The van der Waals surface area contributed by atoms with Crippen molar-refractivity contribution in [3.05, 3.63) is 42.1 Å². The summed E-state index contributed by atoms with van der Waals surface area (Å²) >= 11 is 0. The summed E-state index contributed by atoms with van der Waals surface area (Å²) in [4.78, 5) is 62.2. The SMILES string of the molecule is Cc1c(-c2cc3cc(NC(=O)[C@H]4C(C)[C@@H]4CC#N)ncc3c(NC(=O)OC(C)(C)C)c2F)cncc1N(C(=O)OC(C)(C)C)C(=O)OC(C)(C)C. The molecular weight excluding hydrogens is 659 g/mol. The number of halogens is 1. The fraction of sp³-hybridized carbons (Fsp3) is 0.486. The number of aromatic nitrogens is 2. The minimum absolute atomic E-state index is 0.0229. The number of nitrogens with zero attached hydrogens (tertiary/aromatic N) is 4. The number of fused-ring (bicyclic) bond motifs is 1. The molecule has 0 spiro atoms. The van der Waals surface area contributed by atoms with E-state index in [1.54, 1.807) is 69.2 Å². The summed E-state index contributed by atoms with van der Waals surface area (Å²) in [7, 11) is 0. The summed E-state index contributed by atoms with van der Waals surface area (Å²) in [6, 6.07) is 5.12. The van der Waals surface area contributed by atoms with Gasteiger partial charge in [-0.15, -0.1) is 0 Å². The fourth-order valence-corrected chi connectivity index (χ4v) is 5.57. The second-order valence-corrected chi connectivity index (χ2v) is 15.6. The molecule has 1 aliphatic carbocycles. The van der Waals surface area contributed by atoms with Crippen molar-refractivity contribution < 1.29 is 37.8 Å². The highest BCUT2D eigenvalue weighted by molar-refractivity contribution is 6.11. The summed E-state index contributed by atoms with van der Waals surface area (Å²) in [5, 5.41) is 15.0. The molecule has 3 atom stereocenters. The molecule has 51 heavy (non-hydrogen) atoms. The molecule has 13 nitrogen and oxygen atoms in total. The van der Waals surface area contributed by atoms with Gasteiger partial charge in [-0.05, 0) is 104 Å². The van der Waals surface area contributed by atoms with Crippen molar-refractivity contribution in [1.82, 2.24) is 9.97 Å². The summed E-state index contributed by atoms with van der Waals surface area (Å²) in [5.74, 6) is -1.34. The lowest BCUT2D eigenvalue weighted by molar-refractivity contribution is -0.117. The third kappa shape index (κ3) is 9.27. The van der Waals surface area contributed by atoms with E-state index < -0.39 is 40.9 Å². The molecule has 0 radical (unpaired) electrons. The molecule has 1 aliphatic rings. The second kappa shape index (κ2) is 14.1. The van der Waals surface area contributed by atoms with Crippen LogP contribution in [0, 0.1) is 41.8 Å². The van der Waals surface area contributed by atoms with E-state index in [4.69, 9.17) is 19.5 Å². The van der Waals surface area contributed by atoms with Gasteiger partial charge in [0.15, 0.2) is 5.82 Å². The van der Waals surface area contributed by atoms with Crippen molar-refractivity contribution in [2.75, 3.05) is 15.5 Å². The topological polar surface area (TPSA) is 173 Å². The number of carbonyl (C=O) groups excluding carboxylic acids is 4. The van der Waals surface area contributed by atoms with Gasteiger partial charge in [0.05, 0.1) is 23.6 Å². The van der Waals surface area contributed by atoms with E-state index in [2.05, 4.69) is 26.7 Å². The van der Waals surface area contributed by atoms with Gasteiger partial charge in [0.1, 0.15) is 22.6 Å². The number of rotatable bonds is 6. The predicted molar refractivity (Wildman–Crippen MR) is 189 cm³/mol. The number of hydrogen-bond acceptors (Lipinski definition) is 10.